The third kappa shape index (κ3) is 2.63. The van der Waals surface area contributed by atoms with Crippen molar-refractivity contribution < 1.29 is 14.7 Å². The quantitative estimate of drug-likeness (QED) is 0.741. The van der Waals surface area contributed by atoms with E-state index in [9.17, 15) is 14.7 Å². The van der Waals surface area contributed by atoms with Crippen LogP contribution >= 0.6 is 22.9 Å². The zero-order valence-electron chi connectivity index (χ0n) is 11.5. The summed E-state index contributed by atoms with van der Waals surface area (Å²) in [5.74, 6) is -1.58. The van der Waals surface area contributed by atoms with Crippen LogP contribution in [-0.2, 0) is 11.2 Å². The minimum Gasteiger partial charge on any atom is -0.550 e. The summed E-state index contributed by atoms with van der Waals surface area (Å²) < 4.78 is 0. The minimum atomic E-state index is -1.25. The number of aryl methyl sites for hydroxylation is 1. The predicted molar refractivity (Wildman–Crippen MR) is 82.3 cm³/mol. The number of thiazole rings is 1. The Morgan fingerprint density at radius 1 is 1.41 bits per heavy atom. The highest BCUT2D eigenvalue weighted by atomic mass is 35.5. The molecule has 7 heteroatoms. The molecule has 0 fully saturated rings. The first-order chi connectivity index (χ1) is 10.5. The van der Waals surface area contributed by atoms with E-state index in [0.717, 1.165) is 5.69 Å². The lowest BCUT2D eigenvalue weighted by Crippen LogP contribution is -2.25. The molecule has 22 heavy (non-hydrogen) atoms. The summed E-state index contributed by atoms with van der Waals surface area (Å²) in [7, 11) is 0. The summed E-state index contributed by atoms with van der Waals surface area (Å²) in [6, 6.07) is 4.99. The van der Waals surface area contributed by atoms with Crippen LogP contribution in [0.1, 0.15) is 26.8 Å². The van der Waals surface area contributed by atoms with E-state index in [0.29, 0.717) is 26.5 Å². The second-order valence-corrected chi connectivity index (χ2v) is 6.13. The number of halogens is 1. The number of hydrogen-bond acceptors (Lipinski definition) is 5. The first-order valence-electron chi connectivity index (χ1n) is 6.42. The fraction of sp³-hybridized carbons (Fsp3) is 0.133. The topological polar surface area (TPSA) is 85.9 Å². The van der Waals surface area contributed by atoms with E-state index in [1.807, 2.05) is 0 Å². The van der Waals surface area contributed by atoms with Gasteiger partial charge in [0.05, 0.1) is 5.69 Å². The summed E-state index contributed by atoms with van der Waals surface area (Å²) >= 11 is 7.17. The van der Waals surface area contributed by atoms with Crippen molar-refractivity contribution in [2.75, 3.05) is 0 Å². The van der Waals surface area contributed by atoms with Crippen LogP contribution in [0.2, 0.25) is 5.02 Å². The van der Waals surface area contributed by atoms with Gasteiger partial charge in [0.25, 0.3) is 0 Å². The molecule has 0 unspecified atom stereocenters. The number of rotatable bonds is 4. The maximum atomic E-state index is 12.6. The fourth-order valence-corrected chi connectivity index (χ4v) is 3.23. The Morgan fingerprint density at radius 2 is 2.18 bits per heavy atom. The Balaban J connectivity index is 2.18. The number of carboxylic acids is 1. The summed E-state index contributed by atoms with van der Waals surface area (Å²) in [5, 5.41) is 14.2. The standard InChI is InChI=1S/C15H11ClN2O3S/c1-7-6-22-15(17-7)14(21)13-10(5-12(19)20)9-3-2-8(16)4-11(9)18-13/h2-4,6,18H,5H2,1H3,(H,19,20)/p-1. The first-order valence-corrected chi connectivity index (χ1v) is 7.68. The van der Waals surface area contributed by atoms with Crippen LogP contribution in [0.5, 0.6) is 0 Å². The summed E-state index contributed by atoms with van der Waals surface area (Å²) in [6.45, 7) is 1.79. The van der Waals surface area contributed by atoms with E-state index in [1.165, 1.54) is 11.3 Å². The van der Waals surface area contributed by atoms with Crippen molar-refractivity contribution in [2.45, 2.75) is 13.3 Å². The van der Waals surface area contributed by atoms with Gasteiger partial charge in [0.2, 0.25) is 5.78 Å². The van der Waals surface area contributed by atoms with Gasteiger partial charge < -0.3 is 14.9 Å². The maximum absolute atomic E-state index is 12.6. The molecular formula is C15H10ClN2O3S-. The second-order valence-electron chi connectivity index (χ2n) is 4.84. The van der Waals surface area contributed by atoms with Crippen molar-refractivity contribution in [2.24, 2.45) is 0 Å². The zero-order chi connectivity index (χ0) is 15.9. The fourth-order valence-electron chi connectivity index (χ4n) is 2.31. The number of carbonyl (C=O) groups is 2. The third-order valence-electron chi connectivity index (χ3n) is 3.23. The summed E-state index contributed by atoms with van der Waals surface area (Å²) in [6.07, 6.45) is -0.354. The molecule has 0 aliphatic heterocycles. The van der Waals surface area contributed by atoms with Crippen molar-refractivity contribution in [3.8, 4) is 0 Å². The van der Waals surface area contributed by atoms with Gasteiger partial charge in [-0.2, -0.15) is 0 Å². The number of hydrogen-bond donors (Lipinski definition) is 1. The number of H-pyrrole nitrogens is 1. The SMILES string of the molecule is Cc1csc(C(=O)c2[nH]c3cc(Cl)ccc3c2CC(=O)[O-])n1. The lowest BCUT2D eigenvalue weighted by molar-refractivity contribution is -0.304. The smallest absolute Gasteiger partial charge is 0.238 e. The van der Waals surface area contributed by atoms with Gasteiger partial charge in [-0.3, -0.25) is 4.79 Å². The van der Waals surface area contributed by atoms with E-state index < -0.39 is 5.97 Å². The van der Waals surface area contributed by atoms with Crippen LogP contribution in [-0.4, -0.2) is 21.7 Å². The summed E-state index contributed by atoms with van der Waals surface area (Å²) in [5.41, 5.74) is 1.97. The molecule has 1 aromatic carbocycles. The van der Waals surface area contributed by atoms with Gasteiger partial charge in [-0.15, -0.1) is 11.3 Å². The number of benzene rings is 1. The Labute approximate surface area is 134 Å². The Kier molecular flexibility index (Phi) is 3.72. The molecule has 2 aromatic heterocycles. The minimum absolute atomic E-state index is 0.218. The van der Waals surface area contributed by atoms with E-state index >= 15 is 0 Å². The average molecular weight is 334 g/mol. The van der Waals surface area contributed by atoms with Gasteiger partial charge in [0.1, 0.15) is 0 Å². The highest BCUT2D eigenvalue weighted by molar-refractivity contribution is 7.12. The zero-order valence-corrected chi connectivity index (χ0v) is 13.0. The van der Waals surface area contributed by atoms with Gasteiger partial charge >= 0.3 is 0 Å². The van der Waals surface area contributed by atoms with Gasteiger partial charge in [0, 0.05) is 39.4 Å². The summed E-state index contributed by atoms with van der Waals surface area (Å²) in [4.78, 5) is 30.7. The number of carboxylic acid groups (broad SMARTS) is 1. The molecule has 0 atom stereocenters. The maximum Gasteiger partial charge on any atom is 0.238 e. The van der Waals surface area contributed by atoms with Gasteiger partial charge in [-0.05, 0) is 24.6 Å². The Morgan fingerprint density at radius 3 is 2.82 bits per heavy atom. The van der Waals surface area contributed by atoms with Crippen LogP contribution in [0.3, 0.4) is 0 Å². The molecule has 1 N–H and O–H groups in total. The number of carbonyl (C=O) groups excluding carboxylic acids is 2. The molecule has 0 aliphatic carbocycles. The number of fused-ring (bicyclic) bond motifs is 1. The molecule has 0 aliphatic rings. The van der Waals surface area contributed by atoms with Gasteiger partial charge in [-0.25, -0.2) is 4.98 Å². The molecule has 0 spiro atoms. The van der Waals surface area contributed by atoms with Crippen LogP contribution in [0.4, 0.5) is 0 Å². The number of ketones is 1. The van der Waals surface area contributed by atoms with Crippen LogP contribution in [0.15, 0.2) is 23.6 Å². The number of nitrogens with one attached hydrogen (secondary N) is 1. The monoisotopic (exact) mass is 333 g/mol. The molecular weight excluding hydrogens is 324 g/mol. The van der Waals surface area contributed by atoms with Crippen molar-refractivity contribution in [1.82, 2.24) is 9.97 Å². The van der Waals surface area contributed by atoms with Crippen molar-refractivity contribution >= 4 is 45.6 Å². The van der Waals surface area contributed by atoms with Crippen LogP contribution < -0.4 is 5.11 Å². The van der Waals surface area contributed by atoms with Gasteiger partial charge in [-0.1, -0.05) is 17.7 Å². The molecule has 0 saturated carbocycles. The lowest BCUT2D eigenvalue weighted by atomic mass is 10.1. The Bertz CT molecular complexity index is 897. The first kappa shape index (κ1) is 14.7. The Hall–Kier alpha value is -2.18. The molecule has 3 rings (SSSR count). The van der Waals surface area contributed by atoms with Crippen molar-refractivity contribution in [1.29, 1.82) is 0 Å². The number of aromatic amines is 1. The molecule has 0 amide bonds. The third-order valence-corrected chi connectivity index (χ3v) is 4.42. The number of aromatic nitrogens is 2. The largest absolute Gasteiger partial charge is 0.550 e. The highest BCUT2D eigenvalue weighted by Crippen LogP contribution is 2.28. The van der Waals surface area contributed by atoms with E-state index in [2.05, 4.69) is 9.97 Å². The molecule has 0 saturated heterocycles. The normalized spacial score (nSPS) is 11.0. The molecule has 0 radical (unpaired) electrons. The van der Waals surface area contributed by atoms with Gasteiger partial charge in [0.15, 0.2) is 5.01 Å². The lowest BCUT2D eigenvalue weighted by Gasteiger charge is -2.04. The average Bonchev–Trinajstić information content (AvgIpc) is 3.02. The predicted octanol–water partition coefficient (Wildman–Crippen LogP) is 2.11. The molecule has 2 heterocycles. The highest BCUT2D eigenvalue weighted by Gasteiger charge is 2.21. The molecule has 112 valence electrons. The number of nitrogens with zero attached hydrogens (tertiary/aromatic N) is 1. The molecule has 0 bridgehead atoms. The number of aliphatic carboxylic acids is 1. The van der Waals surface area contributed by atoms with Crippen LogP contribution in [0, 0.1) is 6.92 Å². The van der Waals surface area contributed by atoms with E-state index in [1.54, 1.807) is 30.5 Å². The van der Waals surface area contributed by atoms with Crippen molar-refractivity contribution in [3.63, 3.8) is 0 Å². The van der Waals surface area contributed by atoms with E-state index in [4.69, 9.17) is 11.6 Å². The molecule has 3 aromatic rings. The van der Waals surface area contributed by atoms with E-state index in [-0.39, 0.29) is 17.9 Å². The molecule has 5 nitrogen and oxygen atoms in total. The van der Waals surface area contributed by atoms with Crippen molar-refractivity contribution in [3.05, 3.63) is 50.6 Å². The second kappa shape index (κ2) is 5.55. The van der Waals surface area contributed by atoms with Crippen LogP contribution in [0.25, 0.3) is 10.9 Å².